The molecule has 2 aromatic carbocycles. The number of hydrogen-bond acceptors (Lipinski definition) is 3. The molecule has 0 amide bonds. The van der Waals surface area contributed by atoms with Crippen LogP contribution in [0.15, 0.2) is 73.1 Å². The van der Waals surface area contributed by atoms with Crippen molar-refractivity contribution in [2.24, 2.45) is 5.92 Å². The molecule has 6 heteroatoms. The predicted molar refractivity (Wildman–Crippen MR) is 192 cm³/mol. The summed E-state index contributed by atoms with van der Waals surface area (Å²) in [6.07, 6.45) is 16.5. The zero-order chi connectivity index (χ0) is 31.7. The van der Waals surface area contributed by atoms with Crippen LogP contribution < -0.4 is 5.32 Å². The Bertz CT molecular complexity index is 1250. The second kappa shape index (κ2) is 20.2. The molecule has 2 fully saturated rings. The van der Waals surface area contributed by atoms with Crippen LogP contribution in [0.5, 0.6) is 0 Å². The Kier molecular flexibility index (Phi) is 16.7. The average molecular weight is 657 g/mol. The van der Waals surface area contributed by atoms with Gasteiger partial charge in [0.2, 0.25) is 0 Å². The molecule has 1 N–H and O–H groups in total. The van der Waals surface area contributed by atoms with Gasteiger partial charge in [-0.1, -0.05) is 73.5 Å². The topological polar surface area (TPSA) is 28.2 Å². The van der Waals surface area contributed by atoms with E-state index in [0.29, 0.717) is 12.0 Å². The van der Waals surface area contributed by atoms with Crippen molar-refractivity contribution >= 4 is 34.8 Å². The van der Waals surface area contributed by atoms with E-state index >= 15 is 0 Å². The lowest BCUT2D eigenvalue weighted by atomic mass is 9.95. The largest absolute Gasteiger partial charge is 0.368 e. The minimum atomic E-state index is 0.585. The molecule has 0 spiro atoms. The third-order valence-electron chi connectivity index (χ3n) is 8.46. The molecular weight excluding hydrogens is 605 g/mol. The zero-order valence-electron chi connectivity index (χ0n) is 27.1. The number of hydrogen-bond donors (Lipinski definition) is 1. The fourth-order valence-electron chi connectivity index (χ4n) is 5.71. The van der Waals surface area contributed by atoms with E-state index in [-0.39, 0.29) is 0 Å². The number of halogens is 3. The highest BCUT2D eigenvalue weighted by Crippen LogP contribution is 2.36. The van der Waals surface area contributed by atoms with Crippen LogP contribution in [0.4, 0.5) is 0 Å². The molecule has 240 valence electrons. The second-order valence-corrected chi connectivity index (χ2v) is 12.9. The Labute approximate surface area is 282 Å². The molecule has 0 bridgehead atoms. The predicted octanol–water partition coefficient (Wildman–Crippen LogP) is 10.6. The molecule has 2 aliphatic rings. The number of nitrogens with zero attached hydrogens (tertiary/aromatic N) is 2. The molecule has 1 aliphatic carbocycles. The van der Waals surface area contributed by atoms with Crippen LogP contribution in [0.1, 0.15) is 86.2 Å². The zero-order valence-corrected chi connectivity index (χ0v) is 29.3. The first kappa shape index (κ1) is 36.4. The number of aromatic nitrogens is 1. The fourth-order valence-corrected chi connectivity index (χ4v) is 6.22. The van der Waals surface area contributed by atoms with Gasteiger partial charge in [-0.25, -0.2) is 0 Å². The first-order chi connectivity index (χ1) is 21.4. The molecule has 3 nitrogen and oxygen atoms in total. The van der Waals surface area contributed by atoms with Crippen molar-refractivity contribution in [3.8, 4) is 0 Å². The first-order valence-corrected chi connectivity index (χ1v) is 17.9. The Balaban J connectivity index is 0.000000236. The normalized spacial score (nSPS) is 15.8. The molecule has 0 radical (unpaired) electrons. The lowest BCUT2D eigenvalue weighted by Gasteiger charge is -2.34. The van der Waals surface area contributed by atoms with Gasteiger partial charge >= 0.3 is 0 Å². The number of piperidine rings is 1. The average Bonchev–Trinajstić information content (AvgIpc) is 3.90. The molecule has 5 rings (SSSR count). The summed E-state index contributed by atoms with van der Waals surface area (Å²) in [6.45, 7) is 11.9. The minimum Gasteiger partial charge on any atom is -0.368 e. The lowest BCUT2D eigenvalue weighted by molar-refractivity contribution is 0.262. The Morgan fingerprint density at radius 2 is 1.70 bits per heavy atom. The van der Waals surface area contributed by atoms with Gasteiger partial charge in [0, 0.05) is 59.1 Å². The number of unbranched alkanes of at least 4 members (excludes halogenated alkanes) is 2. The SMILES string of the molecule is C=C(C1CCCNC1)N(Cc1cc(CCCC)ccc1Cl)C1CC1.CCl.Cc1ccc(CCCCc2ccccn2)c(Cl)c1. The monoisotopic (exact) mass is 655 g/mol. The third-order valence-corrected chi connectivity index (χ3v) is 9.18. The molecular formula is C38H52Cl3N3. The maximum absolute atomic E-state index is 6.52. The second-order valence-electron chi connectivity index (χ2n) is 12.0. The van der Waals surface area contributed by atoms with Crippen molar-refractivity contribution in [1.29, 1.82) is 0 Å². The third kappa shape index (κ3) is 12.4. The van der Waals surface area contributed by atoms with Crippen molar-refractivity contribution in [3.63, 3.8) is 0 Å². The van der Waals surface area contributed by atoms with Crippen LogP contribution in [0.25, 0.3) is 0 Å². The fraction of sp³-hybridized carbons (Fsp3) is 0.500. The number of rotatable bonds is 13. The molecule has 1 aromatic heterocycles. The Morgan fingerprint density at radius 1 is 0.909 bits per heavy atom. The summed E-state index contributed by atoms with van der Waals surface area (Å²) >= 11 is 17.4. The van der Waals surface area contributed by atoms with Gasteiger partial charge in [-0.05, 0) is 124 Å². The molecule has 1 aliphatic heterocycles. The van der Waals surface area contributed by atoms with E-state index in [1.165, 1.54) is 78.6 Å². The van der Waals surface area contributed by atoms with Crippen LogP contribution >= 0.6 is 34.8 Å². The van der Waals surface area contributed by atoms with E-state index < -0.39 is 0 Å². The summed E-state index contributed by atoms with van der Waals surface area (Å²) in [5, 5.41) is 5.32. The molecule has 1 saturated heterocycles. The maximum atomic E-state index is 6.52. The van der Waals surface area contributed by atoms with Crippen molar-refractivity contribution in [1.82, 2.24) is 15.2 Å². The summed E-state index contributed by atoms with van der Waals surface area (Å²) in [5.41, 5.74) is 7.65. The van der Waals surface area contributed by atoms with Gasteiger partial charge in [0.15, 0.2) is 0 Å². The lowest BCUT2D eigenvalue weighted by Crippen LogP contribution is -2.37. The number of nitrogens with one attached hydrogen (secondary N) is 1. The van der Waals surface area contributed by atoms with E-state index in [4.69, 9.17) is 23.2 Å². The highest BCUT2D eigenvalue weighted by atomic mass is 35.5. The number of aryl methyl sites for hydroxylation is 4. The van der Waals surface area contributed by atoms with Gasteiger partial charge in [-0.2, -0.15) is 0 Å². The van der Waals surface area contributed by atoms with Crippen molar-refractivity contribution in [2.45, 2.75) is 97.1 Å². The van der Waals surface area contributed by atoms with Gasteiger partial charge in [0.05, 0.1) is 0 Å². The molecule has 1 saturated carbocycles. The summed E-state index contributed by atoms with van der Waals surface area (Å²) in [4.78, 5) is 6.87. The summed E-state index contributed by atoms with van der Waals surface area (Å²) in [6, 6.07) is 19.6. The van der Waals surface area contributed by atoms with Crippen LogP contribution in [0, 0.1) is 12.8 Å². The molecule has 1 unspecified atom stereocenters. The van der Waals surface area contributed by atoms with Gasteiger partial charge in [0.1, 0.15) is 0 Å². The molecule has 2 heterocycles. The van der Waals surface area contributed by atoms with Gasteiger partial charge in [-0.3, -0.25) is 4.98 Å². The van der Waals surface area contributed by atoms with E-state index in [0.717, 1.165) is 61.8 Å². The smallest absolute Gasteiger partial charge is 0.0456 e. The summed E-state index contributed by atoms with van der Waals surface area (Å²) < 4.78 is 0. The van der Waals surface area contributed by atoms with E-state index in [9.17, 15) is 0 Å². The van der Waals surface area contributed by atoms with E-state index in [1.807, 2.05) is 24.4 Å². The molecule has 1 atom stereocenters. The van der Waals surface area contributed by atoms with Crippen LogP contribution in [0.3, 0.4) is 0 Å². The van der Waals surface area contributed by atoms with Crippen LogP contribution in [0.2, 0.25) is 10.0 Å². The van der Waals surface area contributed by atoms with Gasteiger partial charge in [-0.15, -0.1) is 11.6 Å². The van der Waals surface area contributed by atoms with Crippen molar-refractivity contribution in [2.75, 3.05) is 19.5 Å². The summed E-state index contributed by atoms with van der Waals surface area (Å²) in [5.74, 6) is 0.585. The highest BCUT2D eigenvalue weighted by molar-refractivity contribution is 6.31. The Morgan fingerprint density at radius 3 is 2.36 bits per heavy atom. The quantitative estimate of drug-likeness (QED) is 0.147. The van der Waals surface area contributed by atoms with E-state index in [2.05, 4.69) is 83.6 Å². The summed E-state index contributed by atoms with van der Waals surface area (Å²) in [7, 11) is 0. The van der Waals surface area contributed by atoms with Crippen molar-refractivity contribution < 1.29 is 0 Å². The van der Waals surface area contributed by atoms with Crippen molar-refractivity contribution in [3.05, 3.63) is 111 Å². The molecule has 3 aromatic rings. The molecule has 44 heavy (non-hydrogen) atoms. The van der Waals surface area contributed by atoms with E-state index in [1.54, 1.807) is 0 Å². The number of alkyl halides is 1. The maximum Gasteiger partial charge on any atom is 0.0456 e. The van der Waals surface area contributed by atoms with Crippen LogP contribution in [-0.4, -0.2) is 35.4 Å². The number of pyridine rings is 1. The highest BCUT2D eigenvalue weighted by Gasteiger charge is 2.33. The van der Waals surface area contributed by atoms with Gasteiger partial charge < -0.3 is 10.2 Å². The van der Waals surface area contributed by atoms with Gasteiger partial charge in [0.25, 0.3) is 0 Å². The Hall–Kier alpha value is -2.04. The van der Waals surface area contributed by atoms with Crippen LogP contribution in [-0.2, 0) is 25.8 Å². The standard InChI is InChI=1S/C21H31ClN2.C16H18ClN.CH3Cl/c1-3-4-6-17-8-11-21(22)19(13-17)15-24(20-9-10-20)16(2)18-7-5-12-23-14-18;1-13-9-10-14(16(17)12-13)6-2-3-7-15-8-4-5-11-18-15;1-2/h8,11,13,18,20,23H,2-7,9-10,12,14-15H2,1H3;4-5,8-12H,2-3,6-7H2,1H3;1H3. The number of benzene rings is 2. The minimum absolute atomic E-state index is 0.585. The first-order valence-electron chi connectivity index (χ1n) is 16.4.